The number of halogens is 1. The fourth-order valence-corrected chi connectivity index (χ4v) is 7.27. The van der Waals surface area contributed by atoms with E-state index in [2.05, 4.69) is 50.2 Å². The average Bonchev–Trinajstić information content (AvgIpc) is 3.09. The molecule has 3 aromatic carbocycles. The fourth-order valence-electron chi connectivity index (χ4n) is 5.77. The normalized spacial score (nSPS) is 17.6. The SMILES string of the molecule is C[C@H]1CNCCCN1c1cc2c(c(-c3cccc4cncc(Br)c34)c1S(=O)(=O)O)Cc1ccccc1-2. The number of fused-ring (bicyclic) bond motifs is 4. The second-order valence-electron chi connectivity index (χ2n) is 9.56. The van der Waals surface area contributed by atoms with Gasteiger partial charge in [0.1, 0.15) is 4.90 Å². The van der Waals surface area contributed by atoms with Crippen LogP contribution in [0.3, 0.4) is 0 Å². The quantitative estimate of drug-likeness (QED) is 0.275. The van der Waals surface area contributed by atoms with Crippen LogP contribution in [-0.4, -0.2) is 43.6 Å². The van der Waals surface area contributed by atoms with E-state index in [-0.39, 0.29) is 10.9 Å². The van der Waals surface area contributed by atoms with Crippen molar-refractivity contribution in [2.24, 2.45) is 0 Å². The molecule has 2 aliphatic rings. The van der Waals surface area contributed by atoms with Crippen molar-refractivity contribution in [2.45, 2.75) is 30.7 Å². The van der Waals surface area contributed by atoms with Gasteiger partial charge < -0.3 is 10.2 Å². The zero-order valence-electron chi connectivity index (χ0n) is 19.8. The number of nitrogens with one attached hydrogen (secondary N) is 1. The van der Waals surface area contributed by atoms with Gasteiger partial charge in [0.2, 0.25) is 0 Å². The van der Waals surface area contributed by atoms with Crippen molar-refractivity contribution in [3.63, 3.8) is 0 Å². The molecule has 1 fully saturated rings. The third-order valence-corrected chi connectivity index (χ3v) is 8.87. The molecule has 4 aromatic rings. The maximum Gasteiger partial charge on any atom is 0.297 e. The van der Waals surface area contributed by atoms with Crippen molar-refractivity contribution in [1.82, 2.24) is 10.3 Å². The summed E-state index contributed by atoms with van der Waals surface area (Å²) in [4.78, 5) is 6.42. The molecule has 0 saturated carbocycles. The molecule has 6 rings (SSSR count). The lowest BCUT2D eigenvalue weighted by molar-refractivity contribution is 0.483. The Morgan fingerprint density at radius 1 is 1.08 bits per heavy atom. The number of nitrogens with zero attached hydrogens (tertiary/aromatic N) is 2. The van der Waals surface area contributed by atoms with Gasteiger partial charge in [-0.05, 0) is 76.1 Å². The molecular formula is C28H26BrN3O3S. The molecule has 2 N–H and O–H groups in total. The van der Waals surface area contributed by atoms with E-state index >= 15 is 0 Å². The predicted octanol–water partition coefficient (Wildman–Crippen LogP) is 5.67. The van der Waals surface area contributed by atoms with Gasteiger partial charge in [-0.1, -0.05) is 42.5 Å². The second kappa shape index (κ2) is 8.95. The van der Waals surface area contributed by atoms with Crippen molar-refractivity contribution in [3.05, 3.63) is 76.5 Å². The van der Waals surface area contributed by atoms with Gasteiger partial charge >= 0.3 is 0 Å². The first-order valence-corrected chi connectivity index (χ1v) is 14.3. The van der Waals surface area contributed by atoms with Crippen molar-refractivity contribution in [1.29, 1.82) is 0 Å². The van der Waals surface area contributed by atoms with E-state index in [0.29, 0.717) is 24.2 Å². The molecule has 0 spiro atoms. The molecule has 1 aliphatic heterocycles. The third kappa shape index (κ3) is 3.84. The number of aromatic nitrogens is 1. The lowest BCUT2D eigenvalue weighted by atomic mass is 9.91. The lowest BCUT2D eigenvalue weighted by Gasteiger charge is -2.32. The Hall–Kier alpha value is -2.78. The number of pyridine rings is 1. The van der Waals surface area contributed by atoms with E-state index in [1.54, 1.807) is 12.4 Å². The summed E-state index contributed by atoms with van der Waals surface area (Å²) in [6.45, 7) is 4.39. The Bertz CT molecular complexity index is 1620. The first-order chi connectivity index (χ1) is 17.3. The van der Waals surface area contributed by atoms with Gasteiger partial charge in [0, 0.05) is 52.3 Å². The Balaban J connectivity index is 1.77. The standard InChI is InChI=1S/C28H26BrN3O3S/c1-17-14-30-10-5-11-32(17)25-13-22-20-8-3-2-6-18(20)12-23(22)27(28(25)36(33,34)35)21-9-4-7-19-15-31-16-24(29)26(19)21/h2-4,6-9,13,15-17,30H,5,10-12,14H2,1H3,(H,33,34,35)/t17-/m0/s1. The van der Waals surface area contributed by atoms with Gasteiger partial charge in [-0.2, -0.15) is 8.42 Å². The topological polar surface area (TPSA) is 82.5 Å². The van der Waals surface area contributed by atoms with E-state index in [1.807, 2.05) is 36.4 Å². The first-order valence-electron chi connectivity index (χ1n) is 12.1. The summed E-state index contributed by atoms with van der Waals surface area (Å²) in [7, 11) is -4.58. The van der Waals surface area contributed by atoms with Crippen LogP contribution in [0.5, 0.6) is 0 Å². The number of rotatable bonds is 3. The molecule has 1 aromatic heterocycles. The van der Waals surface area contributed by atoms with Crippen LogP contribution in [0, 0.1) is 0 Å². The maximum atomic E-state index is 13.3. The first kappa shape index (κ1) is 23.6. The van der Waals surface area contributed by atoms with Crippen molar-refractivity contribution in [2.75, 3.05) is 24.5 Å². The monoisotopic (exact) mass is 563 g/mol. The Kier molecular flexibility index (Phi) is 5.87. The highest BCUT2D eigenvalue weighted by atomic mass is 79.9. The molecule has 0 amide bonds. The third-order valence-electron chi connectivity index (χ3n) is 7.34. The molecule has 0 unspecified atom stereocenters. The summed E-state index contributed by atoms with van der Waals surface area (Å²) in [5.74, 6) is 0. The van der Waals surface area contributed by atoms with Gasteiger partial charge in [-0.25, -0.2) is 0 Å². The van der Waals surface area contributed by atoms with Gasteiger partial charge in [0.25, 0.3) is 10.1 Å². The van der Waals surface area contributed by atoms with Crippen molar-refractivity contribution < 1.29 is 13.0 Å². The number of hydrogen-bond acceptors (Lipinski definition) is 5. The van der Waals surface area contributed by atoms with Gasteiger partial charge in [-0.15, -0.1) is 0 Å². The summed E-state index contributed by atoms with van der Waals surface area (Å²) in [5, 5.41) is 5.20. The zero-order chi connectivity index (χ0) is 25.0. The number of anilines is 1. The summed E-state index contributed by atoms with van der Waals surface area (Å²) in [6.07, 6.45) is 4.97. The van der Waals surface area contributed by atoms with Crippen molar-refractivity contribution >= 4 is 42.5 Å². The second-order valence-corrected chi connectivity index (χ2v) is 11.8. The lowest BCUT2D eigenvalue weighted by Crippen LogP contribution is -2.38. The Labute approximate surface area is 219 Å². The Morgan fingerprint density at radius 3 is 2.72 bits per heavy atom. The number of hydrogen-bond donors (Lipinski definition) is 2. The van der Waals surface area contributed by atoms with Crippen LogP contribution in [0.4, 0.5) is 5.69 Å². The maximum absolute atomic E-state index is 13.3. The van der Waals surface area contributed by atoms with Crippen LogP contribution < -0.4 is 10.2 Å². The van der Waals surface area contributed by atoms with Crippen molar-refractivity contribution in [3.8, 4) is 22.3 Å². The molecule has 1 atom stereocenters. The largest absolute Gasteiger partial charge is 0.366 e. The number of benzene rings is 3. The molecule has 1 saturated heterocycles. The molecule has 0 radical (unpaired) electrons. The smallest absolute Gasteiger partial charge is 0.297 e. The molecule has 8 heteroatoms. The van der Waals surface area contributed by atoms with Gasteiger partial charge in [0.05, 0.1) is 5.69 Å². The minimum Gasteiger partial charge on any atom is -0.366 e. The fraction of sp³-hybridized carbons (Fsp3) is 0.250. The molecule has 2 heterocycles. The van der Waals surface area contributed by atoms with Crippen LogP contribution in [0.2, 0.25) is 0 Å². The molecule has 0 bridgehead atoms. The summed E-state index contributed by atoms with van der Waals surface area (Å²) in [5.41, 5.74) is 6.10. The van der Waals surface area contributed by atoms with E-state index < -0.39 is 10.1 Å². The van der Waals surface area contributed by atoms with E-state index in [0.717, 1.165) is 62.6 Å². The highest BCUT2D eigenvalue weighted by Gasteiger charge is 2.34. The minimum absolute atomic E-state index is 0.0148. The highest BCUT2D eigenvalue weighted by molar-refractivity contribution is 9.10. The van der Waals surface area contributed by atoms with Crippen LogP contribution in [-0.2, 0) is 16.5 Å². The van der Waals surface area contributed by atoms with E-state index in [1.165, 1.54) is 0 Å². The molecule has 1 aliphatic carbocycles. The average molecular weight is 565 g/mol. The summed E-state index contributed by atoms with van der Waals surface area (Å²) >= 11 is 3.65. The van der Waals surface area contributed by atoms with Crippen LogP contribution in [0.25, 0.3) is 33.0 Å². The molecular weight excluding hydrogens is 538 g/mol. The van der Waals surface area contributed by atoms with Crippen LogP contribution in [0.1, 0.15) is 24.5 Å². The summed E-state index contributed by atoms with van der Waals surface area (Å²) < 4.78 is 38.1. The molecule has 184 valence electrons. The molecule has 36 heavy (non-hydrogen) atoms. The van der Waals surface area contributed by atoms with E-state index in [9.17, 15) is 13.0 Å². The van der Waals surface area contributed by atoms with Crippen LogP contribution >= 0.6 is 15.9 Å². The van der Waals surface area contributed by atoms with Crippen LogP contribution in [0.15, 0.2) is 70.3 Å². The minimum atomic E-state index is -4.58. The van der Waals surface area contributed by atoms with E-state index in [4.69, 9.17) is 0 Å². The predicted molar refractivity (Wildman–Crippen MR) is 147 cm³/mol. The zero-order valence-corrected chi connectivity index (χ0v) is 22.2. The van der Waals surface area contributed by atoms with Gasteiger partial charge in [0.15, 0.2) is 0 Å². The van der Waals surface area contributed by atoms with Gasteiger partial charge in [-0.3, -0.25) is 9.54 Å². The Morgan fingerprint density at radius 2 is 1.89 bits per heavy atom. The highest BCUT2D eigenvalue weighted by Crippen LogP contribution is 2.50. The summed E-state index contributed by atoms with van der Waals surface area (Å²) in [6, 6.07) is 16.1. The molecule has 6 nitrogen and oxygen atoms in total.